The fourth-order valence-corrected chi connectivity index (χ4v) is 2.01. The van der Waals surface area contributed by atoms with E-state index >= 15 is 0 Å². The van der Waals surface area contributed by atoms with Crippen LogP contribution in [0, 0.1) is 11.7 Å². The van der Waals surface area contributed by atoms with Crippen LogP contribution in [0.2, 0.25) is 0 Å². The molecule has 0 bridgehead atoms. The molecule has 7 heteroatoms. The van der Waals surface area contributed by atoms with Gasteiger partial charge in [-0.05, 0) is 31.6 Å². The number of hydrogen-bond acceptors (Lipinski definition) is 4. The van der Waals surface area contributed by atoms with Crippen LogP contribution in [-0.4, -0.2) is 38.3 Å². The number of H-pyrrole nitrogens is 1. The normalized spacial score (nSPS) is 11.0. The Kier molecular flexibility index (Phi) is 4.27. The summed E-state index contributed by atoms with van der Waals surface area (Å²) in [5.74, 6) is 0.888. The summed E-state index contributed by atoms with van der Waals surface area (Å²) in [6.07, 6.45) is 2.85. The second-order valence-corrected chi connectivity index (χ2v) is 4.48. The van der Waals surface area contributed by atoms with Gasteiger partial charge in [-0.1, -0.05) is 0 Å². The number of nitrogens with one attached hydrogen (secondary N) is 1. The first-order valence-corrected chi connectivity index (χ1v) is 6.24. The average Bonchev–Trinajstić information content (AvgIpc) is 2.89. The van der Waals surface area contributed by atoms with Gasteiger partial charge < -0.3 is 9.30 Å². The van der Waals surface area contributed by atoms with Crippen LogP contribution in [0.3, 0.4) is 0 Å². The maximum absolute atomic E-state index is 5.22. The van der Waals surface area contributed by atoms with Crippen molar-refractivity contribution >= 4 is 12.2 Å². The maximum atomic E-state index is 5.22. The molecule has 2 heterocycles. The molecular formula is C11H17N5OS. The fraction of sp³-hybridized carbons (Fsp3) is 0.545. The third-order valence-corrected chi connectivity index (χ3v) is 2.96. The first-order chi connectivity index (χ1) is 8.70. The van der Waals surface area contributed by atoms with Crippen molar-refractivity contribution in [2.45, 2.75) is 26.4 Å². The van der Waals surface area contributed by atoms with Crippen LogP contribution in [0.5, 0.6) is 0 Å². The molecule has 0 saturated heterocycles. The SMILES string of the molecule is COCCCn1c(Cn2ccc(C)n2)n[nH]c1=S. The Balaban J connectivity index is 2.10. The van der Waals surface area contributed by atoms with Gasteiger partial charge in [-0.15, -0.1) is 0 Å². The Morgan fingerprint density at radius 3 is 3.00 bits per heavy atom. The summed E-state index contributed by atoms with van der Waals surface area (Å²) in [5.41, 5.74) is 0.995. The van der Waals surface area contributed by atoms with Gasteiger partial charge in [0, 0.05) is 26.5 Å². The summed E-state index contributed by atoms with van der Waals surface area (Å²) in [4.78, 5) is 0. The van der Waals surface area contributed by atoms with Crippen LogP contribution in [-0.2, 0) is 17.8 Å². The summed E-state index contributed by atoms with van der Waals surface area (Å²) >= 11 is 5.22. The van der Waals surface area contributed by atoms with Crippen LogP contribution in [0.25, 0.3) is 0 Å². The summed E-state index contributed by atoms with van der Waals surface area (Å²) < 4.78 is 9.54. The lowest BCUT2D eigenvalue weighted by atomic mass is 10.4. The van der Waals surface area contributed by atoms with E-state index in [1.54, 1.807) is 7.11 Å². The highest BCUT2D eigenvalue weighted by molar-refractivity contribution is 7.71. The molecule has 98 valence electrons. The van der Waals surface area contributed by atoms with E-state index < -0.39 is 0 Å². The third kappa shape index (κ3) is 3.05. The van der Waals surface area contributed by atoms with Crippen molar-refractivity contribution in [3.05, 3.63) is 28.6 Å². The van der Waals surface area contributed by atoms with Crippen LogP contribution in [0.15, 0.2) is 12.3 Å². The number of nitrogens with zero attached hydrogens (tertiary/aromatic N) is 4. The van der Waals surface area contributed by atoms with E-state index in [-0.39, 0.29) is 0 Å². The van der Waals surface area contributed by atoms with E-state index in [9.17, 15) is 0 Å². The van der Waals surface area contributed by atoms with Crippen molar-refractivity contribution in [2.24, 2.45) is 0 Å². The molecule has 0 atom stereocenters. The standard InChI is InChI=1S/C11H17N5OS/c1-9-4-6-15(14-9)8-10-12-13-11(18)16(10)5-3-7-17-2/h4,6H,3,5,7-8H2,1-2H3,(H,13,18). The number of aromatic nitrogens is 5. The van der Waals surface area contributed by atoms with Crippen molar-refractivity contribution in [1.82, 2.24) is 24.5 Å². The molecule has 0 aromatic carbocycles. The molecular weight excluding hydrogens is 250 g/mol. The van der Waals surface area contributed by atoms with Gasteiger partial charge in [-0.3, -0.25) is 9.78 Å². The molecule has 0 fully saturated rings. The first-order valence-electron chi connectivity index (χ1n) is 5.84. The summed E-state index contributed by atoms with van der Waals surface area (Å²) in [7, 11) is 1.70. The molecule has 0 radical (unpaired) electrons. The Morgan fingerprint density at radius 1 is 1.50 bits per heavy atom. The lowest BCUT2D eigenvalue weighted by molar-refractivity contribution is 0.190. The minimum Gasteiger partial charge on any atom is -0.385 e. The van der Waals surface area contributed by atoms with E-state index in [1.165, 1.54) is 0 Å². The predicted octanol–water partition coefficient (Wildman–Crippen LogP) is 1.53. The molecule has 0 amide bonds. The third-order valence-electron chi connectivity index (χ3n) is 2.64. The molecule has 0 aliphatic rings. The molecule has 0 saturated carbocycles. The highest BCUT2D eigenvalue weighted by Gasteiger charge is 2.07. The Bertz CT molecular complexity index is 556. The van der Waals surface area contributed by atoms with Gasteiger partial charge in [-0.2, -0.15) is 10.2 Å². The number of aromatic amines is 1. The van der Waals surface area contributed by atoms with Crippen molar-refractivity contribution in [1.29, 1.82) is 0 Å². The minimum atomic E-state index is 0.619. The molecule has 1 N–H and O–H groups in total. The number of hydrogen-bond donors (Lipinski definition) is 1. The highest BCUT2D eigenvalue weighted by Crippen LogP contribution is 2.03. The number of ether oxygens (including phenoxy) is 1. The van der Waals surface area contributed by atoms with Gasteiger partial charge in [-0.25, -0.2) is 0 Å². The van der Waals surface area contributed by atoms with E-state index in [4.69, 9.17) is 17.0 Å². The molecule has 2 aromatic rings. The smallest absolute Gasteiger partial charge is 0.195 e. The number of rotatable bonds is 6. The van der Waals surface area contributed by atoms with Gasteiger partial charge in [0.15, 0.2) is 10.6 Å². The zero-order chi connectivity index (χ0) is 13.0. The van der Waals surface area contributed by atoms with Crippen LogP contribution in [0.1, 0.15) is 17.9 Å². The van der Waals surface area contributed by atoms with Crippen LogP contribution < -0.4 is 0 Å². The topological polar surface area (TPSA) is 60.7 Å². The molecule has 0 aliphatic heterocycles. The molecule has 0 aliphatic carbocycles. The summed E-state index contributed by atoms with van der Waals surface area (Å²) in [6.45, 7) is 4.10. The first kappa shape index (κ1) is 13.0. The number of methoxy groups -OCH3 is 1. The van der Waals surface area contributed by atoms with Crippen molar-refractivity contribution in [2.75, 3.05) is 13.7 Å². The Hall–Kier alpha value is -1.47. The number of aryl methyl sites for hydroxylation is 1. The largest absolute Gasteiger partial charge is 0.385 e. The lowest BCUT2D eigenvalue weighted by Gasteiger charge is -2.06. The predicted molar refractivity (Wildman–Crippen MR) is 70.0 cm³/mol. The maximum Gasteiger partial charge on any atom is 0.195 e. The molecule has 0 unspecified atom stereocenters. The zero-order valence-corrected chi connectivity index (χ0v) is 11.4. The van der Waals surface area contributed by atoms with E-state index in [2.05, 4.69) is 15.3 Å². The van der Waals surface area contributed by atoms with E-state index in [1.807, 2.05) is 28.4 Å². The van der Waals surface area contributed by atoms with Crippen LogP contribution >= 0.6 is 12.2 Å². The minimum absolute atomic E-state index is 0.619. The Labute approximate surface area is 111 Å². The van der Waals surface area contributed by atoms with Gasteiger partial charge in [0.25, 0.3) is 0 Å². The summed E-state index contributed by atoms with van der Waals surface area (Å²) in [6, 6.07) is 1.97. The van der Waals surface area contributed by atoms with E-state index in [0.717, 1.165) is 24.5 Å². The molecule has 6 nitrogen and oxygen atoms in total. The quantitative estimate of drug-likeness (QED) is 0.637. The van der Waals surface area contributed by atoms with Gasteiger partial charge in [0.05, 0.1) is 5.69 Å². The van der Waals surface area contributed by atoms with Crippen molar-refractivity contribution in [3.8, 4) is 0 Å². The molecule has 2 aromatic heterocycles. The van der Waals surface area contributed by atoms with Gasteiger partial charge in [0.2, 0.25) is 0 Å². The second kappa shape index (κ2) is 5.92. The molecule has 2 rings (SSSR count). The fourth-order valence-electron chi connectivity index (χ4n) is 1.76. The second-order valence-electron chi connectivity index (χ2n) is 4.10. The average molecular weight is 267 g/mol. The highest BCUT2D eigenvalue weighted by atomic mass is 32.1. The van der Waals surface area contributed by atoms with Gasteiger partial charge >= 0.3 is 0 Å². The lowest BCUT2D eigenvalue weighted by Crippen LogP contribution is -2.11. The molecule has 18 heavy (non-hydrogen) atoms. The van der Waals surface area contributed by atoms with Gasteiger partial charge in [0.1, 0.15) is 6.54 Å². The van der Waals surface area contributed by atoms with Crippen molar-refractivity contribution < 1.29 is 4.74 Å². The monoisotopic (exact) mass is 267 g/mol. The van der Waals surface area contributed by atoms with E-state index in [0.29, 0.717) is 17.9 Å². The summed E-state index contributed by atoms with van der Waals surface area (Å²) in [5, 5.41) is 11.4. The Morgan fingerprint density at radius 2 is 2.33 bits per heavy atom. The zero-order valence-electron chi connectivity index (χ0n) is 10.6. The molecule has 0 spiro atoms. The van der Waals surface area contributed by atoms with Crippen LogP contribution in [0.4, 0.5) is 0 Å². The van der Waals surface area contributed by atoms with Crippen molar-refractivity contribution in [3.63, 3.8) is 0 Å².